The zero-order valence-electron chi connectivity index (χ0n) is 13.7. The van der Waals surface area contributed by atoms with Gasteiger partial charge in [0.1, 0.15) is 5.82 Å². The van der Waals surface area contributed by atoms with Gasteiger partial charge in [0, 0.05) is 20.3 Å². The van der Waals surface area contributed by atoms with E-state index in [-0.39, 0.29) is 16.9 Å². The Bertz CT molecular complexity index is 793. The van der Waals surface area contributed by atoms with Crippen LogP contribution in [0.5, 0.6) is 0 Å². The van der Waals surface area contributed by atoms with Crippen molar-refractivity contribution < 1.29 is 13.9 Å². The maximum atomic E-state index is 13.8. The van der Waals surface area contributed by atoms with Crippen molar-refractivity contribution in [3.63, 3.8) is 0 Å². The molecule has 130 valence electrons. The molecule has 0 unspecified atom stereocenters. The highest BCUT2D eigenvalue weighted by Gasteiger charge is 2.34. The number of aromatic nitrogens is 2. The van der Waals surface area contributed by atoms with E-state index in [4.69, 9.17) is 17.0 Å². The zero-order chi connectivity index (χ0) is 17.2. The summed E-state index contributed by atoms with van der Waals surface area (Å²) in [5, 5.41) is 2.99. The van der Waals surface area contributed by atoms with Gasteiger partial charge in [-0.2, -0.15) is 0 Å². The molecule has 0 bridgehead atoms. The van der Waals surface area contributed by atoms with Crippen LogP contribution in [0.3, 0.4) is 0 Å². The van der Waals surface area contributed by atoms with E-state index in [0.717, 1.165) is 19.3 Å². The van der Waals surface area contributed by atoms with Gasteiger partial charge in [0.05, 0.1) is 16.6 Å². The number of H-pyrrole nitrogens is 2. The van der Waals surface area contributed by atoms with Gasteiger partial charge in [-0.05, 0) is 49.0 Å². The summed E-state index contributed by atoms with van der Waals surface area (Å²) in [5.74, 6) is -0.749. The molecular weight excluding hydrogens is 329 g/mol. The summed E-state index contributed by atoms with van der Waals surface area (Å²) >= 11 is 5.04. The normalized spacial score (nSPS) is 16.6. The summed E-state index contributed by atoms with van der Waals surface area (Å²) in [7, 11) is 1.69. The van der Waals surface area contributed by atoms with Crippen LogP contribution in [0.4, 0.5) is 4.39 Å². The maximum Gasteiger partial charge on any atom is 0.253 e. The summed E-state index contributed by atoms with van der Waals surface area (Å²) in [6.07, 6.45) is 5.45. The highest BCUT2D eigenvalue weighted by atomic mass is 32.1. The molecule has 3 N–H and O–H groups in total. The van der Waals surface area contributed by atoms with Crippen molar-refractivity contribution >= 4 is 29.2 Å². The van der Waals surface area contributed by atoms with Crippen molar-refractivity contribution in [1.82, 2.24) is 15.3 Å². The fourth-order valence-electron chi connectivity index (χ4n) is 3.61. The van der Waals surface area contributed by atoms with Crippen LogP contribution in [-0.4, -0.2) is 36.1 Å². The molecular formula is C17H22FN3O2S. The average molecular weight is 351 g/mol. The van der Waals surface area contributed by atoms with Crippen molar-refractivity contribution in [1.29, 1.82) is 0 Å². The van der Waals surface area contributed by atoms with Crippen molar-refractivity contribution in [2.24, 2.45) is 5.41 Å². The number of halogens is 1. The number of rotatable bonds is 6. The fourth-order valence-corrected chi connectivity index (χ4v) is 3.82. The average Bonchev–Trinajstić information content (AvgIpc) is 3.16. The first-order chi connectivity index (χ1) is 11.5. The Morgan fingerprint density at radius 3 is 2.83 bits per heavy atom. The van der Waals surface area contributed by atoms with Crippen LogP contribution < -0.4 is 5.32 Å². The molecule has 1 aliphatic rings. The molecule has 0 spiro atoms. The Morgan fingerprint density at radius 2 is 2.12 bits per heavy atom. The number of aromatic amines is 2. The summed E-state index contributed by atoms with van der Waals surface area (Å²) in [6.45, 7) is 1.27. The first-order valence-electron chi connectivity index (χ1n) is 8.22. The van der Waals surface area contributed by atoms with E-state index >= 15 is 0 Å². The molecule has 1 aromatic carbocycles. The van der Waals surface area contributed by atoms with Crippen LogP contribution in [0, 0.1) is 16.0 Å². The standard InChI is InChI=1S/C17H22FN3O2S/c1-23-7-6-17(4-2-3-5-17)10-19-15(22)12-8-11(18)9-13-14(12)21-16(24)20-13/h8-9H,2-7,10H2,1H3,(H,19,22)(H2,20,21,24). The first-order valence-corrected chi connectivity index (χ1v) is 8.62. The van der Waals surface area contributed by atoms with Crippen LogP contribution in [0.2, 0.25) is 0 Å². The molecule has 3 rings (SSSR count). The van der Waals surface area contributed by atoms with Crippen LogP contribution in [0.15, 0.2) is 12.1 Å². The quantitative estimate of drug-likeness (QED) is 0.695. The van der Waals surface area contributed by atoms with Gasteiger partial charge in [-0.25, -0.2) is 4.39 Å². The molecule has 0 saturated heterocycles. The molecule has 0 radical (unpaired) electrons. The number of imidazole rings is 1. The number of methoxy groups -OCH3 is 1. The lowest BCUT2D eigenvalue weighted by Crippen LogP contribution is -2.36. The fraction of sp³-hybridized carbons (Fsp3) is 0.529. The third-order valence-electron chi connectivity index (χ3n) is 4.96. The van der Waals surface area contributed by atoms with Crippen LogP contribution in [0.25, 0.3) is 11.0 Å². The number of ether oxygens (including phenoxy) is 1. The minimum Gasteiger partial charge on any atom is -0.385 e. The Hall–Kier alpha value is -1.73. The smallest absolute Gasteiger partial charge is 0.253 e. The second-order valence-electron chi connectivity index (χ2n) is 6.59. The van der Waals surface area contributed by atoms with Gasteiger partial charge in [-0.15, -0.1) is 0 Å². The lowest BCUT2D eigenvalue weighted by atomic mass is 9.83. The molecule has 1 aliphatic carbocycles. The van der Waals surface area contributed by atoms with Crippen molar-refractivity contribution in [2.45, 2.75) is 32.1 Å². The van der Waals surface area contributed by atoms with Gasteiger partial charge < -0.3 is 20.0 Å². The van der Waals surface area contributed by atoms with Gasteiger partial charge in [-0.3, -0.25) is 4.79 Å². The molecule has 7 heteroatoms. The minimum absolute atomic E-state index is 0.0865. The molecule has 5 nitrogen and oxygen atoms in total. The predicted molar refractivity (Wildman–Crippen MR) is 93.2 cm³/mol. The van der Waals surface area contributed by atoms with Crippen LogP contribution in [0.1, 0.15) is 42.5 Å². The summed E-state index contributed by atoms with van der Waals surface area (Å²) in [5.41, 5.74) is 1.40. The summed E-state index contributed by atoms with van der Waals surface area (Å²) in [6, 6.07) is 2.57. The SMILES string of the molecule is COCCC1(CNC(=O)c2cc(F)cc3[nH]c(=S)[nH]c23)CCCC1. The number of nitrogens with one attached hydrogen (secondary N) is 3. The summed E-state index contributed by atoms with van der Waals surface area (Å²) in [4.78, 5) is 18.4. The van der Waals surface area contributed by atoms with Gasteiger partial charge in [0.2, 0.25) is 0 Å². The van der Waals surface area contributed by atoms with Gasteiger partial charge in [-0.1, -0.05) is 12.8 Å². The molecule has 2 aromatic rings. The van der Waals surface area contributed by atoms with Crippen molar-refractivity contribution in [3.8, 4) is 0 Å². The Labute approximate surface area is 145 Å². The maximum absolute atomic E-state index is 13.8. The Balaban J connectivity index is 1.78. The predicted octanol–water partition coefficient (Wildman–Crippen LogP) is 3.69. The van der Waals surface area contributed by atoms with Crippen molar-refractivity contribution in [2.75, 3.05) is 20.3 Å². The number of fused-ring (bicyclic) bond motifs is 1. The molecule has 1 fully saturated rings. The van der Waals surface area contributed by atoms with Crippen molar-refractivity contribution in [3.05, 3.63) is 28.3 Å². The Kier molecular flexibility index (Phi) is 5.01. The largest absolute Gasteiger partial charge is 0.385 e. The number of carbonyl (C=O) groups excluding carboxylic acids is 1. The van der Waals surface area contributed by atoms with Gasteiger partial charge >= 0.3 is 0 Å². The van der Waals surface area contributed by atoms with Crippen LogP contribution in [-0.2, 0) is 4.74 Å². The lowest BCUT2D eigenvalue weighted by molar-refractivity contribution is 0.0904. The van der Waals surface area contributed by atoms with E-state index in [1.54, 1.807) is 7.11 Å². The molecule has 1 amide bonds. The van der Waals surface area contributed by atoms with E-state index in [0.29, 0.717) is 29.0 Å². The number of benzene rings is 1. The van der Waals surface area contributed by atoms with Crippen LogP contribution >= 0.6 is 12.2 Å². The topological polar surface area (TPSA) is 69.9 Å². The number of amides is 1. The summed E-state index contributed by atoms with van der Waals surface area (Å²) < 4.78 is 19.4. The van der Waals surface area contributed by atoms with E-state index < -0.39 is 5.82 Å². The highest BCUT2D eigenvalue weighted by molar-refractivity contribution is 7.71. The third-order valence-corrected chi connectivity index (χ3v) is 5.16. The van der Waals surface area contributed by atoms with Gasteiger partial charge in [0.15, 0.2) is 4.77 Å². The molecule has 1 aromatic heterocycles. The second kappa shape index (κ2) is 7.03. The second-order valence-corrected chi connectivity index (χ2v) is 7.00. The lowest BCUT2D eigenvalue weighted by Gasteiger charge is -2.29. The van der Waals surface area contributed by atoms with E-state index in [1.165, 1.54) is 25.0 Å². The minimum atomic E-state index is -0.465. The molecule has 0 atom stereocenters. The molecule has 24 heavy (non-hydrogen) atoms. The zero-order valence-corrected chi connectivity index (χ0v) is 14.5. The highest BCUT2D eigenvalue weighted by Crippen LogP contribution is 2.40. The monoisotopic (exact) mass is 351 g/mol. The molecule has 1 heterocycles. The number of carbonyl (C=O) groups is 1. The van der Waals surface area contributed by atoms with E-state index in [9.17, 15) is 9.18 Å². The number of hydrogen-bond acceptors (Lipinski definition) is 3. The molecule has 1 saturated carbocycles. The molecule has 0 aliphatic heterocycles. The van der Waals surface area contributed by atoms with Gasteiger partial charge in [0.25, 0.3) is 5.91 Å². The van der Waals surface area contributed by atoms with E-state index in [2.05, 4.69) is 15.3 Å². The van der Waals surface area contributed by atoms with E-state index in [1.807, 2.05) is 0 Å². The number of hydrogen-bond donors (Lipinski definition) is 3. The first kappa shape index (κ1) is 17.1. The third kappa shape index (κ3) is 3.52. The Morgan fingerprint density at radius 1 is 1.38 bits per heavy atom.